The summed E-state index contributed by atoms with van der Waals surface area (Å²) in [6.45, 7) is -0.0931. The first-order chi connectivity index (χ1) is 8.01. The average molecular weight is 241 g/mol. The smallest absolute Gasteiger partial charge is 0.339 e. The molecule has 0 aliphatic rings. The van der Waals surface area contributed by atoms with Gasteiger partial charge in [0.05, 0.1) is 13.2 Å². The second kappa shape index (κ2) is 5.62. The Bertz CT molecular complexity index is 407. The largest absolute Gasteiger partial charge is 0.496 e. The number of methoxy groups -OCH3 is 1. The predicted octanol–water partition coefficient (Wildman–Crippen LogP) is -0.254. The number of rotatable bonds is 5. The summed E-state index contributed by atoms with van der Waals surface area (Å²) in [5.41, 5.74) is 5.57. The summed E-state index contributed by atoms with van der Waals surface area (Å²) in [7, 11) is 1.33. The van der Waals surface area contributed by atoms with Crippen LogP contribution >= 0.6 is 0 Å². The summed E-state index contributed by atoms with van der Waals surface area (Å²) in [6, 6.07) is 4.09. The zero-order valence-electron chi connectivity index (χ0n) is 9.33. The van der Waals surface area contributed by atoms with Crippen LogP contribution in [-0.4, -0.2) is 41.0 Å². The minimum Gasteiger partial charge on any atom is -0.496 e. The number of aliphatic hydroxyl groups is 2. The number of ether oxygens (including phenoxy) is 1. The van der Waals surface area contributed by atoms with Gasteiger partial charge in [0.2, 0.25) is 0 Å². The highest BCUT2D eigenvalue weighted by atomic mass is 16.5. The maximum atomic E-state index is 10.8. The van der Waals surface area contributed by atoms with Crippen LogP contribution in [0.3, 0.4) is 0 Å². The number of nitrogens with two attached hydrogens (primary N) is 1. The number of hydrogen-bond donors (Lipinski definition) is 4. The molecule has 0 aliphatic carbocycles. The SMILES string of the molecule is COc1cc(C(O)C(O)CN)ccc1C(=O)O. The van der Waals surface area contributed by atoms with Gasteiger partial charge in [0.25, 0.3) is 0 Å². The fourth-order valence-corrected chi connectivity index (χ4v) is 1.42. The van der Waals surface area contributed by atoms with Crippen molar-refractivity contribution in [3.05, 3.63) is 29.3 Å². The van der Waals surface area contributed by atoms with Crippen LogP contribution in [0.4, 0.5) is 0 Å². The number of hydrogen-bond acceptors (Lipinski definition) is 5. The molecule has 0 aromatic heterocycles. The molecular weight excluding hydrogens is 226 g/mol. The molecule has 2 unspecified atom stereocenters. The topological polar surface area (TPSA) is 113 Å². The minimum absolute atomic E-state index is 0.00862. The summed E-state index contributed by atoms with van der Waals surface area (Å²) < 4.78 is 4.91. The van der Waals surface area contributed by atoms with E-state index in [9.17, 15) is 15.0 Å². The van der Waals surface area contributed by atoms with Gasteiger partial charge in [0.1, 0.15) is 17.4 Å². The number of carboxylic acid groups (broad SMARTS) is 1. The van der Waals surface area contributed by atoms with E-state index in [-0.39, 0.29) is 17.9 Å². The zero-order chi connectivity index (χ0) is 13.0. The third-order valence-corrected chi connectivity index (χ3v) is 2.40. The van der Waals surface area contributed by atoms with E-state index in [0.29, 0.717) is 5.56 Å². The molecule has 0 aliphatic heterocycles. The van der Waals surface area contributed by atoms with Gasteiger partial charge in [-0.25, -0.2) is 4.79 Å². The Morgan fingerprint density at radius 2 is 2.12 bits per heavy atom. The van der Waals surface area contributed by atoms with Crippen LogP contribution in [0.2, 0.25) is 0 Å². The normalized spacial score (nSPS) is 14.1. The lowest BCUT2D eigenvalue weighted by atomic mass is 10.0. The Labute approximate surface area is 98.3 Å². The number of carbonyl (C=O) groups is 1. The molecule has 6 nitrogen and oxygen atoms in total. The molecule has 5 N–H and O–H groups in total. The van der Waals surface area contributed by atoms with Gasteiger partial charge in [-0.3, -0.25) is 0 Å². The molecule has 1 aromatic rings. The van der Waals surface area contributed by atoms with Crippen molar-refractivity contribution < 1.29 is 24.9 Å². The van der Waals surface area contributed by atoms with Crippen molar-refractivity contribution in [2.24, 2.45) is 5.73 Å². The van der Waals surface area contributed by atoms with Gasteiger partial charge in [-0.05, 0) is 17.7 Å². The van der Waals surface area contributed by atoms with Crippen molar-refractivity contribution in [1.82, 2.24) is 0 Å². The van der Waals surface area contributed by atoms with Gasteiger partial charge in [-0.2, -0.15) is 0 Å². The van der Waals surface area contributed by atoms with E-state index >= 15 is 0 Å². The van der Waals surface area contributed by atoms with Gasteiger partial charge in [-0.15, -0.1) is 0 Å². The molecular formula is C11H15NO5. The molecule has 0 saturated carbocycles. The summed E-state index contributed by atoms with van der Waals surface area (Å²) >= 11 is 0. The molecule has 0 heterocycles. The molecule has 0 saturated heterocycles. The number of benzene rings is 1. The third-order valence-electron chi connectivity index (χ3n) is 2.40. The molecule has 94 valence electrons. The van der Waals surface area contributed by atoms with Gasteiger partial charge in [0.15, 0.2) is 0 Å². The maximum Gasteiger partial charge on any atom is 0.339 e. The molecule has 0 amide bonds. The van der Waals surface area contributed by atoms with Crippen molar-refractivity contribution in [2.45, 2.75) is 12.2 Å². The minimum atomic E-state index is -1.17. The number of carboxylic acids is 1. The highest BCUT2D eigenvalue weighted by molar-refractivity contribution is 5.91. The van der Waals surface area contributed by atoms with Gasteiger partial charge in [-0.1, -0.05) is 6.07 Å². The first kappa shape index (κ1) is 13.4. The predicted molar refractivity (Wildman–Crippen MR) is 60.0 cm³/mol. The summed E-state index contributed by atoms with van der Waals surface area (Å²) in [5, 5.41) is 28.0. The Balaban J connectivity index is 3.09. The molecule has 6 heteroatoms. The summed E-state index contributed by atoms with van der Waals surface area (Å²) in [4.78, 5) is 10.8. The van der Waals surface area contributed by atoms with Crippen LogP contribution in [0, 0.1) is 0 Å². The molecule has 1 aromatic carbocycles. The van der Waals surface area contributed by atoms with Gasteiger partial charge in [0, 0.05) is 6.54 Å². The van der Waals surface area contributed by atoms with E-state index < -0.39 is 18.2 Å². The Morgan fingerprint density at radius 1 is 1.47 bits per heavy atom. The lowest BCUT2D eigenvalue weighted by Gasteiger charge is -2.17. The Hall–Kier alpha value is -1.63. The molecule has 0 bridgehead atoms. The van der Waals surface area contributed by atoms with E-state index in [2.05, 4.69) is 0 Å². The highest BCUT2D eigenvalue weighted by Crippen LogP contribution is 2.25. The fraction of sp³-hybridized carbons (Fsp3) is 0.364. The van der Waals surface area contributed by atoms with E-state index in [4.69, 9.17) is 15.6 Å². The first-order valence-corrected chi connectivity index (χ1v) is 4.98. The van der Waals surface area contributed by atoms with Crippen molar-refractivity contribution >= 4 is 5.97 Å². The van der Waals surface area contributed by atoms with Crippen LogP contribution in [0.25, 0.3) is 0 Å². The van der Waals surface area contributed by atoms with Crippen molar-refractivity contribution in [2.75, 3.05) is 13.7 Å². The number of aromatic carboxylic acids is 1. The third kappa shape index (κ3) is 2.94. The average Bonchev–Trinajstić information content (AvgIpc) is 2.35. The van der Waals surface area contributed by atoms with E-state index in [1.807, 2.05) is 0 Å². The van der Waals surface area contributed by atoms with E-state index in [0.717, 1.165) is 0 Å². The quantitative estimate of drug-likeness (QED) is 0.565. The van der Waals surface area contributed by atoms with Gasteiger partial charge >= 0.3 is 5.97 Å². The summed E-state index contributed by atoms with van der Waals surface area (Å²) in [6.07, 6.45) is -2.27. The lowest BCUT2D eigenvalue weighted by Crippen LogP contribution is -2.27. The molecule has 17 heavy (non-hydrogen) atoms. The lowest BCUT2D eigenvalue weighted by molar-refractivity contribution is 0.0242. The molecule has 0 fully saturated rings. The second-order valence-electron chi connectivity index (χ2n) is 3.51. The fourth-order valence-electron chi connectivity index (χ4n) is 1.42. The maximum absolute atomic E-state index is 10.8. The molecule has 0 radical (unpaired) electrons. The Kier molecular flexibility index (Phi) is 4.45. The summed E-state index contributed by atoms with van der Waals surface area (Å²) in [5.74, 6) is -1.000. The van der Waals surface area contributed by atoms with Gasteiger partial charge < -0.3 is 25.8 Å². The monoisotopic (exact) mass is 241 g/mol. The first-order valence-electron chi connectivity index (χ1n) is 4.98. The molecule has 2 atom stereocenters. The van der Waals surface area contributed by atoms with Crippen LogP contribution in [0.1, 0.15) is 22.0 Å². The van der Waals surface area contributed by atoms with Crippen LogP contribution in [-0.2, 0) is 0 Å². The highest BCUT2D eigenvalue weighted by Gasteiger charge is 2.19. The van der Waals surface area contributed by atoms with Crippen molar-refractivity contribution in [3.63, 3.8) is 0 Å². The van der Waals surface area contributed by atoms with Crippen LogP contribution in [0.5, 0.6) is 5.75 Å². The number of aliphatic hydroxyl groups excluding tert-OH is 2. The van der Waals surface area contributed by atoms with Crippen molar-refractivity contribution in [1.29, 1.82) is 0 Å². The van der Waals surface area contributed by atoms with Crippen LogP contribution in [0.15, 0.2) is 18.2 Å². The van der Waals surface area contributed by atoms with E-state index in [1.165, 1.54) is 25.3 Å². The molecule has 0 spiro atoms. The van der Waals surface area contributed by atoms with E-state index in [1.54, 1.807) is 0 Å². The van der Waals surface area contributed by atoms with Crippen molar-refractivity contribution in [3.8, 4) is 5.75 Å². The molecule has 1 rings (SSSR count). The zero-order valence-corrected chi connectivity index (χ0v) is 9.33. The van der Waals surface area contributed by atoms with Crippen LogP contribution < -0.4 is 10.5 Å². The standard InChI is InChI=1S/C11H15NO5/c1-17-9-4-6(10(14)8(13)5-12)2-3-7(9)11(15)16/h2-4,8,10,13-14H,5,12H2,1H3,(H,15,16). The Morgan fingerprint density at radius 3 is 2.59 bits per heavy atom. The second-order valence-corrected chi connectivity index (χ2v) is 3.51.